The number of hydrogen-bond donors (Lipinski definition) is 3. The number of carbonyl (C=O) groups excluding carboxylic acids is 3. The molecule has 1 saturated carbocycles. The number of unbranched alkanes of at least 4 members (excludes halogenated alkanes) is 5. The summed E-state index contributed by atoms with van der Waals surface area (Å²) in [5.41, 5.74) is -0.175. The molecule has 0 spiro atoms. The van der Waals surface area contributed by atoms with E-state index in [-0.39, 0.29) is 41.6 Å². The van der Waals surface area contributed by atoms with Crippen LogP contribution in [0, 0.1) is 0 Å². The lowest BCUT2D eigenvalue weighted by Gasteiger charge is -2.32. The van der Waals surface area contributed by atoms with Gasteiger partial charge in [-0.05, 0) is 82.4 Å². The summed E-state index contributed by atoms with van der Waals surface area (Å²) < 4.78 is 32.0. The molecule has 2 saturated heterocycles. The van der Waals surface area contributed by atoms with Crippen LogP contribution in [0.1, 0.15) is 126 Å². The lowest BCUT2D eigenvalue weighted by atomic mass is 9.99. The molecule has 1 unspecified atom stereocenters. The van der Waals surface area contributed by atoms with E-state index in [1.54, 1.807) is 18.5 Å². The number of carbonyl (C=O) groups is 3. The van der Waals surface area contributed by atoms with Gasteiger partial charge in [0.2, 0.25) is 23.7 Å². The van der Waals surface area contributed by atoms with Crippen LogP contribution >= 0.6 is 0 Å². The molecule has 4 aromatic rings. The SMILES string of the molecule is Cn1c(=O)n(C2CCC(=O)NC2=O)c2cccc(CCCCCCCCC(=O)N3CCC(Nc4ncc5cc(C(F)F)c(=O)n([C@@H]6CCC[C@@]6(C)O)c5n4)CC3)c21. The Kier molecular flexibility index (Phi) is 11.9. The Morgan fingerprint density at radius 2 is 1.75 bits per heavy atom. The summed E-state index contributed by atoms with van der Waals surface area (Å²) >= 11 is 0. The highest BCUT2D eigenvalue weighted by Gasteiger charge is 2.40. The fraction of sp³-hybridized carbons (Fsp3) is 0.585. The summed E-state index contributed by atoms with van der Waals surface area (Å²) in [6, 6.07) is 5.54. The molecule has 3 aromatic heterocycles. The van der Waals surface area contributed by atoms with Gasteiger partial charge in [0, 0.05) is 50.6 Å². The lowest BCUT2D eigenvalue weighted by Crippen LogP contribution is -2.44. The Morgan fingerprint density at radius 3 is 2.46 bits per heavy atom. The van der Waals surface area contributed by atoms with Gasteiger partial charge in [0.05, 0.1) is 28.2 Å². The summed E-state index contributed by atoms with van der Waals surface area (Å²) in [6.07, 6.45) is 9.04. The van der Waals surface area contributed by atoms with Crippen molar-refractivity contribution in [3.63, 3.8) is 0 Å². The van der Waals surface area contributed by atoms with Crippen molar-refractivity contribution < 1.29 is 28.3 Å². The Balaban J connectivity index is 0.844. The molecule has 306 valence electrons. The number of imide groups is 1. The topological polar surface area (TPSA) is 173 Å². The van der Waals surface area contributed by atoms with Gasteiger partial charge in [0.15, 0.2) is 0 Å². The third-order valence-corrected chi connectivity index (χ3v) is 12.2. The van der Waals surface area contributed by atoms with E-state index in [0.29, 0.717) is 68.9 Å². The molecule has 2 aliphatic heterocycles. The number of aliphatic hydroxyl groups is 1. The monoisotopic (exact) mass is 790 g/mol. The lowest BCUT2D eigenvalue weighted by molar-refractivity contribution is -0.136. The van der Waals surface area contributed by atoms with Crippen LogP contribution in [0.4, 0.5) is 14.7 Å². The fourth-order valence-corrected chi connectivity index (χ4v) is 9.06. The zero-order chi connectivity index (χ0) is 40.4. The minimum atomic E-state index is -2.97. The summed E-state index contributed by atoms with van der Waals surface area (Å²) in [7, 11) is 1.72. The molecule has 1 aromatic carbocycles. The standard InChI is InChI=1S/C41H52F2N8O6/c1-41(57)20-10-14-31(41)51-36-26(23-28(35(42)43)38(51)55)24-44-39(47-36)45-27-18-21-49(22-19-27)33(53)15-8-6-4-3-5-7-11-25-12-9-13-29-34(25)48(2)40(56)50(29)30-16-17-32(52)46-37(30)54/h9,12-13,23-24,27,30-31,35,57H,3-8,10-11,14-22H2,1-2H3,(H,44,45,47)(H,46,52,54)/t30?,31-,41-/m1/s1. The molecule has 3 atom stereocenters. The van der Waals surface area contributed by atoms with Gasteiger partial charge in [-0.1, -0.05) is 37.8 Å². The molecule has 14 nitrogen and oxygen atoms in total. The van der Waals surface area contributed by atoms with Crippen LogP contribution in [0.2, 0.25) is 0 Å². The summed E-state index contributed by atoms with van der Waals surface area (Å²) in [5.74, 6) is -0.344. The largest absolute Gasteiger partial charge is 0.388 e. The normalized spacial score (nSPS) is 21.9. The molecule has 3 amide bonds. The van der Waals surface area contributed by atoms with Crippen LogP contribution in [0.5, 0.6) is 0 Å². The van der Waals surface area contributed by atoms with Crippen molar-refractivity contribution in [1.29, 1.82) is 0 Å². The molecule has 5 heterocycles. The number of piperidine rings is 2. The van der Waals surface area contributed by atoms with Crippen molar-refractivity contribution in [2.45, 2.75) is 133 Å². The number of alkyl halides is 2. The Hall–Kier alpha value is -4.99. The second-order valence-corrected chi connectivity index (χ2v) is 16.2. The average molecular weight is 791 g/mol. The number of para-hydroxylation sites is 1. The summed E-state index contributed by atoms with van der Waals surface area (Å²) in [4.78, 5) is 74.5. The van der Waals surface area contributed by atoms with Crippen LogP contribution in [0.25, 0.3) is 22.1 Å². The van der Waals surface area contributed by atoms with E-state index in [4.69, 9.17) is 0 Å². The molecular formula is C41H52F2N8O6. The van der Waals surface area contributed by atoms with Gasteiger partial charge in [-0.2, -0.15) is 4.98 Å². The maximum absolute atomic E-state index is 13.8. The van der Waals surface area contributed by atoms with E-state index >= 15 is 0 Å². The number of benzene rings is 1. The van der Waals surface area contributed by atoms with Gasteiger partial charge in [0.25, 0.3) is 12.0 Å². The molecule has 0 radical (unpaired) electrons. The number of likely N-dealkylation sites (tertiary alicyclic amines) is 1. The number of halogens is 2. The molecule has 57 heavy (non-hydrogen) atoms. The minimum Gasteiger partial charge on any atom is -0.388 e. The number of amides is 3. The molecular weight excluding hydrogens is 738 g/mol. The van der Waals surface area contributed by atoms with E-state index < -0.39 is 41.1 Å². The van der Waals surface area contributed by atoms with E-state index in [2.05, 4.69) is 20.6 Å². The predicted molar refractivity (Wildman–Crippen MR) is 210 cm³/mol. The number of anilines is 1. The van der Waals surface area contributed by atoms with Gasteiger partial charge in [-0.3, -0.25) is 38.2 Å². The number of rotatable bonds is 14. The highest BCUT2D eigenvalue weighted by Crippen LogP contribution is 2.40. The van der Waals surface area contributed by atoms with Crippen molar-refractivity contribution in [3.8, 4) is 0 Å². The molecule has 3 fully saturated rings. The second kappa shape index (κ2) is 16.9. The first-order valence-electron chi connectivity index (χ1n) is 20.3. The predicted octanol–water partition coefficient (Wildman–Crippen LogP) is 5.21. The smallest absolute Gasteiger partial charge is 0.329 e. The number of nitrogens with zero attached hydrogens (tertiary/aromatic N) is 6. The number of imidazole rings is 1. The zero-order valence-electron chi connectivity index (χ0n) is 32.6. The van der Waals surface area contributed by atoms with Gasteiger partial charge in [-0.25, -0.2) is 18.6 Å². The van der Waals surface area contributed by atoms with Crippen molar-refractivity contribution in [3.05, 3.63) is 62.4 Å². The van der Waals surface area contributed by atoms with Crippen LogP contribution in [-0.2, 0) is 27.9 Å². The summed E-state index contributed by atoms with van der Waals surface area (Å²) in [5, 5.41) is 17.0. The van der Waals surface area contributed by atoms with E-state index in [0.717, 1.165) is 62.1 Å². The van der Waals surface area contributed by atoms with E-state index in [1.807, 2.05) is 23.1 Å². The number of aryl methyl sites for hydroxylation is 2. The number of aromatic nitrogens is 5. The van der Waals surface area contributed by atoms with Crippen molar-refractivity contribution in [2.24, 2.45) is 7.05 Å². The van der Waals surface area contributed by atoms with Gasteiger partial charge in [0.1, 0.15) is 11.7 Å². The number of hydrogen-bond acceptors (Lipinski definition) is 9. The Morgan fingerprint density at radius 1 is 1.02 bits per heavy atom. The van der Waals surface area contributed by atoms with E-state index in [9.17, 15) is 37.9 Å². The van der Waals surface area contributed by atoms with Crippen LogP contribution in [0.15, 0.2) is 40.1 Å². The van der Waals surface area contributed by atoms with Crippen LogP contribution in [0.3, 0.4) is 0 Å². The maximum atomic E-state index is 13.8. The molecule has 7 rings (SSSR count). The van der Waals surface area contributed by atoms with Crippen LogP contribution in [-0.4, -0.2) is 76.1 Å². The second-order valence-electron chi connectivity index (χ2n) is 16.2. The summed E-state index contributed by atoms with van der Waals surface area (Å²) in [6.45, 7) is 2.81. The molecule has 3 N–H and O–H groups in total. The first-order chi connectivity index (χ1) is 27.3. The fourth-order valence-electron chi connectivity index (χ4n) is 9.06. The molecule has 1 aliphatic carbocycles. The number of fused-ring (bicyclic) bond motifs is 2. The van der Waals surface area contributed by atoms with Gasteiger partial charge in [-0.15, -0.1) is 0 Å². The average Bonchev–Trinajstić information content (AvgIpc) is 3.66. The number of nitrogens with one attached hydrogen (secondary N) is 2. The first-order valence-corrected chi connectivity index (χ1v) is 20.3. The third-order valence-electron chi connectivity index (χ3n) is 12.2. The van der Waals surface area contributed by atoms with E-state index in [1.165, 1.54) is 15.3 Å². The first kappa shape index (κ1) is 40.2. The minimum absolute atomic E-state index is 0.0105. The van der Waals surface area contributed by atoms with Crippen LogP contribution < -0.4 is 21.9 Å². The Bertz CT molecular complexity index is 2270. The molecule has 3 aliphatic rings. The van der Waals surface area contributed by atoms with Crippen molar-refractivity contribution >= 4 is 45.7 Å². The third kappa shape index (κ3) is 8.37. The van der Waals surface area contributed by atoms with Crippen molar-refractivity contribution in [2.75, 3.05) is 18.4 Å². The highest BCUT2D eigenvalue weighted by atomic mass is 19.3. The number of pyridine rings is 1. The quantitative estimate of drug-likeness (QED) is 0.115. The molecule has 0 bridgehead atoms. The van der Waals surface area contributed by atoms with Crippen molar-refractivity contribution in [1.82, 2.24) is 33.9 Å². The Labute approximate surface area is 328 Å². The van der Waals surface area contributed by atoms with Gasteiger partial charge < -0.3 is 15.3 Å². The maximum Gasteiger partial charge on any atom is 0.329 e. The molecule has 16 heteroatoms. The highest BCUT2D eigenvalue weighted by molar-refractivity contribution is 6.00. The van der Waals surface area contributed by atoms with Gasteiger partial charge >= 0.3 is 5.69 Å². The zero-order valence-corrected chi connectivity index (χ0v) is 32.6.